The lowest BCUT2D eigenvalue weighted by Gasteiger charge is -2.27. The molecule has 4 nitrogen and oxygen atoms in total. The zero-order valence-electron chi connectivity index (χ0n) is 10.1. The van der Waals surface area contributed by atoms with Crippen molar-refractivity contribution in [3.8, 4) is 0 Å². The minimum atomic E-state index is 0.384. The van der Waals surface area contributed by atoms with E-state index in [2.05, 4.69) is 33.9 Å². The minimum Gasteiger partial charge on any atom is -0.312 e. The molecule has 1 atom stereocenters. The van der Waals surface area contributed by atoms with Crippen molar-refractivity contribution in [3.05, 3.63) is 11.6 Å². The monoisotopic (exact) mass is 220 g/mol. The molecular formula is C12H20N4. The van der Waals surface area contributed by atoms with Crippen molar-refractivity contribution in [1.29, 1.82) is 0 Å². The van der Waals surface area contributed by atoms with Crippen molar-refractivity contribution in [3.63, 3.8) is 0 Å². The van der Waals surface area contributed by atoms with Crippen molar-refractivity contribution in [2.24, 2.45) is 11.8 Å². The van der Waals surface area contributed by atoms with Crippen molar-refractivity contribution in [2.75, 3.05) is 6.54 Å². The Morgan fingerprint density at radius 2 is 2.19 bits per heavy atom. The first-order valence-corrected chi connectivity index (χ1v) is 6.41. The lowest BCUT2D eigenvalue weighted by atomic mass is 10.0. The molecule has 1 fully saturated rings. The summed E-state index contributed by atoms with van der Waals surface area (Å²) in [4.78, 5) is 0. The lowest BCUT2D eigenvalue weighted by Crippen LogP contribution is -2.37. The first-order valence-electron chi connectivity index (χ1n) is 6.41. The summed E-state index contributed by atoms with van der Waals surface area (Å²) in [5.74, 6) is 3.83. The highest BCUT2D eigenvalue weighted by molar-refractivity contribution is 5.06. The van der Waals surface area contributed by atoms with E-state index in [0.29, 0.717) is 12.0 Å². The van der Waals surface area contributed by atoms with Gasteiger partial charge in [-0.1, -0.05) is 13.8 Å². The molecule has 1 aliphatic heterocycles. The van der Waals surface area contributed by atoms with Crippen molar-refractivity contribution < 1.29 is 0 Å². The molecule has 88 valence electrons. The highest BCUT2D eigenvalue weighted by atomic mass is 15.3. The third-order valence-electron chi connectivity index (χ3n) is 3.67. The van der Waals surface area contributed by atoms with Gasteiger partial charge in [0.05, 0.1) is 6.04 Å². The first-order chi connectivity index (χ1) is 7.75. The van der Waals surface area contributed by atoms with E-state index < -0.39 is 0 Å². The first kappa shape index (κ1) is 10.3. The Labute approximate surface area is 96.4 Å². The molecule has 3 rings (SSSR count). The molecule has 0 radical (unpaired) electrons. The molecule has 1 saturated carbocycles. The zero-order chi connectivity index (χ0) is 11.1. The maximum atomic E-state index is 4.39. The summed E-state index contributed by atoms with van der Waals surface area (Å²) in [6.07, 6.45) is 3.90. The number of fused-ring (bicyclic) bond motifs is 1. The summed E-state index contributed by atoms with van der Waals surface area (Å²) >= 11 is 0. The fourth-order valence-corrected chi connectivity index (χ4v) is 2.51. The molecule has 1 aromatic rings. The van der Waals surface area contributed by atoms with Crippen LogP contribution >= 0.6 is 0 Å². The summed E-state index contributed by atoms with van der Waals surface area (Å²) < 4.78 is 2.35. The van der Waals surface area contributed by atoms with E-state index in [1.54, 1.807) is 0 Å². The third-order valence-corrected chi connectivity index (χ3v) is 3.67. The van der Waals surface area contributed by atoms with Gasteiger partial charge in [0.15, 0.2) is 5.82 Å². The van der Waals surface area contributed by atoms with Crippen LogP contribution in [0.4, 0.5) is 0 Å². The van der Waals surface area contributed by atoms with Gasteiger partial charge in [0, 0.05) is 19.5 Å². The van der Waals surface area contributed by atoms with Crippen LogP contribution in [0, 0.1) is 11.8 Å². The molecule has 0 bridgehead atoms. The van der Waals surface area contributed by atoms with Gasteiger partial charge in [0.2, 0.25) is 0 Å². The van der Waals surface area contributed by atoms with E-state index in [4.69, 9.17) is 0 Å². The normalized spacial score (nSPS) is 24.8. The second-order valence-electron chi connectivity index (χ2n) is 5.45. The molecule has 1 unspecified atom stereocenters. The maximum absolute atomic E-state index is 4.39. The summed E-state index contributed by atoms with van der Waals surface area (Å²) in [7, 11) is 0. The lowest BCUT2D eigenvalue weighted by molar-refractivity contribution is 0.334. The molecule has 4 heteroatoms. The van der Waals surface area contributed by atoms with Gasteiger partial charge < -0.3 is 9.88 Å². The number of nitrogens with one attached hydrogen (secondary N) is 1. The smallest absolute Gasteiger partial charge is 0.150 e. The molecule has 2 heterocycles. The Bertz CT molecular complexity index is 378. The fraction of sp³-hybridized carbons (Fsp3) is 0.833. The molecule has 0 aromatic carbocycles. The fourth-order valence-electron chi connectivity index (χ4n) is 2.51. The van der Waals surface area contributed by atoms with Gasteiger partial charge in [-0.2, -0.15) is 0 Å². The van der Waals surface area contributed by atoms with E-state index in [0.717, 1.165) is 31.3 Å². The quantitative estimate of drug-likeness (QED) is 0.840. The van der Waals surface area contributed by atoms with E-state index >= 15 is 0 Å². The predicted molar refractivity (Wildman–Crippen MR) is 62.0 cm³/mol. The van der Waals surface area contributed by atoms with Gasteiger partial charge >= 0.3 is 0 Å². The Morgan fingerprint density at radius 3 is 2.88 bits per heavy atom. The summed E-state index contributed by atoms with van der Waals surface area (Å²) in [5.41, 5.74) is 0. The van der Waals surface area contributed by atoms with Gasteiger partial charge in [0.1, 0.15) is 5.82 Å². The molecule has 2 aliphatic rings. The average molecular weight is 220 g/mol. The minimum absolute atomic E-state index is 0.384. The van der Waals surface area contributed by atoms with Crippen LogP contribution < -0.4 is 5.32 Å². The van der Waals surface area contributed by atoms with E-state index in [1.807, 2.05) is 0 Å². The van der Waals surface area contributed by atoms with Crippen LogP contribution in [0.3, 0.4) is 0 Å². The van der Waals surface area contributed by atoms with Crippen LogP contribution in [0.1, 0.15) is 44.4 Å². The van der Waals surface area contributed by atoms with Gasteiger partial charge in [-0.15, -0.1) is 10.2 Å². The molecule has 1 N–H and O–H groups in total. The van der Waals surface area contributed by atoms with Crippen LogP contribution in [0.5, 0.6) is 0 Å². The summed E-state index contributed by atoms with van der Waals surface area (Å²) in [5, 5.41) is 12.3. The van der Waals surface area contributed by atoms with Crippen LogP contribution in [0.15, 0.2) is 0 Å². The van der Waals surface area contributed by atoms with Crippen LogP contribution in [-0.2, 0) is 13.0 Å². The Kier molecular flexibility index (Phi) is 2.46. The maximum Gasteiger partial charge on any atom is 0.150 e. The highest BCUT2D eigenvalue weighted by Gasteiger charge is 2.30. The van der Waals surface area contributed by atoms with Crippen molar-refractivity contribution in [1.82, 2.24) is 20.1 Å². The Balaban J connectivity index is 1.87. The van der Waals surface area contributed by atoms with Crippen molar-refractivity contribution >= 4 is 0 Å². The molecule has 0 saturated heterocycles. The van der Waals surface area contributed by atoms with E-state index in [9.17, 15) is 0 Å². The molecular weight excluding hydrogens is 200 g/mol. The number of nitrogens with zero attached hydrogens (tertiary/aromatic N) is 3. The molecule has 1 aliphatic carbocycles. The third kappa shape index (κ3) is 1.75. The topological polar surface area (TPSA) is 42.7 Å². The summed E-state index contributed by atoms with van der Waals surface area (Å²) in [6, 6.07) is 0.384. The predicted octanol–water partition coefficient (Wildman–Crippen LogP) is 1.53. The second-order valence-corrected chi connectivity index (χ2v) is 5.45. The van der Waals surface area contributed by atoms with Gasteiger partial charge in [-0.05, 0) is 24.7 Å². The van der Waals surface area contributed by atoms with Gasteiger partial charge in [-0.25, -0.2) is 0 Å². The van der Waals surface area contributed by atoms with Crippen LogP contribution in [0.25, 0.3) is 0 Å². The second kappa shape index (κ2) is 3.84. The van der Waals surface area contributed by atoms with Crippen LogP contribution in [0.2, 0.25) is 0 Å². The van der Waals surface area contributed by atoms with E-state index in [-0.39, 0.29) is 0 Å². The number of rotatable bonds is 3. The Hall–Kier alpha value is -0.900. The molecule has 1 aromatic heterocycles. The molecule has 0 amide bonds. The van der Waals surface area contributed by atoms with Gasteiger partial charge in [0.25, 0.3) is 0 Å². The molecule has 16 heavy (non-hydrogen) atoms. The Morgan fingerprint density at radius 1 is 1.38 bits per heavy atom. The van der Waals surface area contributed by atoms with Gasteiger partial charge in [-0.3, -0.25) is 0 Å². The SMILES string of the molecule is CC(C)C1NCCn2c(CC3CC3)nnc21. The summed E-state index contributed by atoms with van der Waals surface area (Å²) in [6.45, 7) is 6.56. The average Bonchev–Trinajstić information content (AvgIpc) is 2.98. The van der Waals surface area contributed by atoms with E-state index in [1.165, 1.54) is 18.7 Å². The number of hydrogen-bond acceptors (Lipinski definition) is 3. The standard InChI is InChI=1S/C12H20N4/c1-8(2)11-12-15-14-10(7-9-3-4-9)16(12)6-5-13-11/h8-9,11,13H,3-7H2,1-2H3. The number of hydrogen-bond donors (Lipinski definition) is 1. The molecule has 0 spiro atoms. The van der Waals surface area contributed by atoms with Crippen LogP contribution in [-0.4, -0.2) is 21.3 Å². The largest absolute Gasteiger partial charge is 0.312 e. The zero-order valence-corrected chi connectivity index (χ0v) is 10.1. The number of aromatic nitrogens is 3. The highest BCUT2D eigenvalue weighted by Crippen LogP contribution is 2.33. The van der Waals surface area contributed by atoms with Crippen molar-refractivity contribution in [2.45, 2.75) is 45.7 Å².